The number of rotatable bonds is 5. The highest BCUT2D eigenvalue weighted by molar-refractivity contribution is 7.98. The Bertz CT molecular complexity index is 579. The summed E-state index contributed by atoms with van der Waals surface area (Å²) in [5.74, 6) is 2.21. The Balaban J connectivity index is 1.73. The minimum Gasteiger partial charge on any atom is -0.369 e. The van der Waals surface area contributed by atoms with Crippen LogP contribution in [0, 0.1) is 0 Å². The topological polar surface area (TPSA) is 95.8 Å². The van der Waals surface area contributed by atoms with Gasteiger partial charge in [0.1, 0.15) is 0 Å². The number of nitrogens with zero attached hydrogens (tertiary/aromatic N) is 3. The zero-order valence-electron chi connectivity index (χ0n) is 10.2. The van der Waals surface area contributed by atoms with Crippen LogP contribution in [0.2, 0.25) is 0 Å². The van der Waals surface area contributed by atoms with Crippen molar-refractivity contribution < 1.29 is 8.42 Å². The zero-order chi connectivity index (χ0) is 13.7. The molecule has 7 nitrogen and oxygen atoms in total. The van der Waals surface area contributed by atoms with Gasteiger partial charge in [0, 0.05) is 30.5 Å². The molecule has 10 heteroatoms. The number of likely N-dealkylation sites (N-methyl/N-ethyl adjacent to an activating group) is 1. The van der Waals surface area contributed by atoms with Gasteiger partial charge in [-0.15, -0.1) is 8.80 Å². The maximum absolute atomic E-state index is 11.2. The second-order valence-electron chi connectivity index (χ2n) is 3.55. The Morgan fingerprint density at radius 3 is 2.84 bits per heavy atom. The molecule has 19 heavy (non-hydrogen) atoms. The quantitative estimate of drug-likeness (QED) is 0.755. The van der Waals surface area contributed by atoms with E-state index in [1.165, 1.54) is 11.5 Å². The molecule has 0 atom stereocenters. The van der Waals surface area contributed by atoms with Crippen molar-refractivity contribution in [1.29, 1.82) is 0 Å². The van der Waals surface area contributed by atoms with E-state index in [1.807, 2.05) is 11.4 Å². The molecule has 0 amide bonds. The Hall–Kier alpha value is -1.13. The molecular weight excluding hydrogens is 306 g/mol. The third-order valence-electron chi connectivity index (χ3n) is 2.15. The Kier molecular flexibility index (Phi) is 4.77. The summed E-state index contributed by atoms with van der Waals surface area (Å²) in [6.45, 7) is 0.615. The Morgan fingerprint density at radius 2 is 2.16 bits per heavy atom. The summed E-state index contributed by atoms with van der Waals surface area (Å²) in [4.78, 5) is 0. The summed E-state index contributed by atoms with van der Waals surface area (Å²) in [5.41, 5.74) is 1.06. The monoisotopic (exact) mass is 319 g/mol. The van der Waals surface area contributed by atoms with Crippen LogP contribution in [0.1, 0.15) is 5.69 Å². The SMILES string of the molecule is CNC1=NS(=O)(=O)N=C1NCCSCc1ccsn1. The second kappa shape index (κ2) is 6.35. The normalized spacial score (nSPS) is 16.9. The number of thioether (sulfide) groups is 1. The molecular formula is C9H13N5O2S3. The van der Waals surface area contributed by atoms with E-state index in [0.717, 1.165) is 17.2 Å². The summed E-state index contributed by atoms with van der Waals surface area (Å²) in [7, 11) is -2.09. The van der Waals surface area contributed by atoms with Gasteiger partial charge in [-0.3, -0.25) is 0 Å². The van der Waals surface area contributed by atoms with Crippen LogP contribution in [0.15, 0.2) is 20.2 Å². The molecule has 2 N–H and O–H groups in total. The number of nitrogens with one attached hydrogen (secondary N) is 2. The lowest BCUT2D eigenvalue weighted by Crippen LogP contribution is -2.37. The molecule has 1 aromatic rings. The predicted molar refractivity (Wildman–Crippen MR) is 79.1 cm³/mol. The highest BCUT2D eigenvalue weighted by Gasteiger charge is 2.22. The van der Waals surface area contributed by atoms with Crippen LogP contribution in [-0.4, -0.2) is 43.8 Å². The first-order valence-corrected chi connectivity index (χ1v) is 8.83. The highest BCUT2D eigenvalue weighted by atomic mass is 32.2. The van der Waals surface area contributed by atoms with Crippen molar-refractivity contribution in [3.8, 4) is 0 Å². The van der Waals surface area contributed by atoms with Crippen LogP contribution in [-0.2, 0) is 16.0 Å². The molecule has 2 rings (SSSR count). The third-order valence-corrected chi connectivity index (χ3v) is 4.57. The largest absolute Gasteiger partial charge is 0.369 e. The highest BCUT2D eigenvalue weighted by Crippen LogP contribution is 2.11. The van der Waals surface area contributed by atoms with Gasteiger partial charge >= 0.3 is 10.2 Å². The first-order valence-electron chi connectivity index (χ1n) is 5.44. The lowest BCUT2D eigenvalue weighted by Gasteiger charge is -2.06. The number of aromatic nitrogens is 1. The lowest BCUT2D eigenvalue weighted by molar-refractivity contribution is 0.600. The Labute approximate surface area is 120 Å². The van der Waals surface area contributed by atoms with Gasteiger partial charge in [-0.25, -0.2) is 0 Å². The van der Waals surface area contributed by atoms with Crippen molar-refractivity contribution >= 4 is 45.2 Å². The molecule has 0 saturated heterocycles. The van der Waals surface area contributed by atoms with Crippen LogP contribution in [0.5, 0.6) is 0 Å². The fourth-order valence-electron chi connectivity index (χ4n) is 1.35. The van der Waals surface area contributed by atoms with Crippen molar-refractivity contribution in [2.45, 2.75) is 5.75 Å². The van der Waals surface area contributed by atoms with E-state index < -0.39 is 10.2 Å². The summed E-state index contributed by atoms with van der Waals surface area (Å²) >= 11 is 3.16. The van der Waals surface area contributed by atoms with Gasteiger partial charge in [0.2, 0.25) is 0 Å². The number of hydrogen-bond donors (Lipinski definition) is 2. The first-order chi connectivity index (χ1) is 9.11. The fourth-order valence-corrected chi connectivity index (χ4v) is 3.56. The fraction of sp³-hybridized carbons (Fsp3) is 0.444. The molecule has 1 aromatic heterocycles. The van der Waals surface area contributed by atoms with Crippen LogP contribution < -0.4 is 10.6 Å². The van der Waals surface area contributed by atoms with E-state index >= 15 is 0 Å². The molecule has 1 aliphatic rings. The summed E-state index contributed by atoms with van der Waals surface area (Å²) in [5, 5.41) is 7.60. The van der Waals surface area contributed by atoms with E-state index in [4.69, 9.17) is 0 Å². The van der Waals surface area contributed by atoms with Gasteiger partial charge in [-0.2, -0.15) is 24.6 Å². The minimum atomic E-state index is -3.70. The average molecular weight is 319 g/mol. The molecule has 1 aliphatic heterocycles. The van der Waals surface area contributed by atoms with E-state index in [-0.39, 0.29) is 11.7 Å². The van der Waals surface area contributed by atoms with Crippen LogP contribution in [0.25, 0.3) is 0 Å². The minimum absolute atomic E-state index is 0.254. The van der Waals surface area contributed by atoms with Gasteiger partial charge in [-0.05, 0) is 17.6 Å². The van der Waals surface area contributed by atoms with Gasteiger partial charge in [-0.1, -0.05) is 0 Å². The van der Waals surface area contributed by atoms with E-state index in [9.17, 15) is 8.42 Å². The van der Waals surface area contributed by atoms with Crippen molar-refractivity contribution in [2.24, 2.45) is 8.80 Å². The molecule has 2 heterocycles. The number of amidine groups is 2. The third kappa shape index (κ3) is 4.18. The molecule has 0 radical (unpaired) electrons. The van der Waals surface area contributed by atoms with Crippen molar-refractivity contribution in [3.05, 3.63) is 17.1 Å². The van der Waals surface area contributed by atoms with Crippen LogP contribution in [0.3, 0.4) is 0 Å². The standard InChI is InChI=1S/C9H13N5O2S3/c1-10-8-9(14-19(15,16)13-8)11-3-5-17-6-7-2-4-18-12-7/h2,4H,3,5-6H2,1H3,(H,10,13)(H,11,14). The van der Waals surface area contributed by atoms with Gasteiger partial charge < -0.3 is 10.6 Å². The van der Waals surface area contributed by atoms with Crippen LogP contribution >= 0.6 is 23.3 Å². The van der Waals surface area contributed by atoms with Crippen LogP contribution in [0.4, 0.5) is 0 Å². The number of hydrogen-bond acceptors (Lipinski definition) is 7. The Morgan fingerprint density at radius 1 is 1.37 bits per heavy atom. The van der Waals surface area contributed by atoms with Crippen molar-refractivity contribution in [1.82, 2.24) is 15.0 Å². The summed E-state index contributed by atoms with van der Waals surface area (Å²) in [6, 6.07) is 1.99. The molecule has 104 valence electrons. The van der Waals surface area contributed by atoms with Gasteiger partial charge in [0.15, 0.2) is 11.7 Å². The first kappa shape index (κ1) is 14.3. The van der Waals surface area contributed by atoms with E-state index in [2.05, 4.69) is 23.8 Å². The average Bonchev–Trinajstić information content (AvgIpc) is 2.96. The maximum Gasteiger partial charge on any atom is 0.367 e. The molecule has 0 bridgehead atoms. The van der Waals surface area contributed by atoms with Crippen molar-refractivity contribution in [2.75, 3.05) is 19.3 Å². The molecule has 0 spiro atoms. The van der Waals surface area contributed by atoms with Gasteiger partial charge in [0.05, 0.1) is 5.69 Å². The van der Waals surface area contributed by atoms with E-state index in [0.29, 0.717) is 6.54 Å². The zero-order valence-corrected chi connectivity index (χ0v) is 12.6. The lowest BCUT2D eigenvalue weighted by atomic mass is 10.5. The van der Waals surface area contributed by atoms with Gasteiger partial charge in [0.25, 0.3) is 0 Å². The van der Waals surface area contributed by atoms with E-state index in [1.54, 1.807) is 18.8 Å². The molecule has 0 saturated carbocycles. The molecule has 0 fully saturated rings. The molecule has 0 unspecified atom stereocenters. The molecule has 0 aromatic carbocycles. The summed E-state index contributed by atoms with van der Waals surface area (Å²) in [6.07, 6.45) is 0. The predicted octanol–water partition coefficient (Wildman–Crippen LogP) is 0.241. The second-order valence-corrected chi connectivity index (χ2v) is 6.58. The van der Waals surface area contributed by atoms with Crippen molar-refractivity contribution in [3.63, 3.8) is 0 Å². The summed E-state index contributed by atoms with van der Waals surface area (Å²) < 4.78 is 33.5. The smallest absolute Gasteiger partial charge is 0.367 e. The maximum atomic E-state index is 11.2. The molecule has 0 aliphatic carbocycles.